The second-order valence-electron chi connectivity index (χ2n) is 5.80. The molecule has 1 aromatic rings. The molecule has 0 unspecified atom stereocenters. The summed E-state index contributed by atoms with van der Waals surface area (Å²) in [7, 11) is 0. The Kier molecular flexibility index (Phi) is 5.94. The Bertz CT molecular complexity index is 447. The molecule has 21 heavy (non-hydrogen) atoms. The predicted molar refractivity (Wildman–Crippen MR) is 87.7 cm³/mol. The van der Waals surface area contributed by atoms with Gasteiger partial charge in [0.2, 0.25) is 0 Å². The Morgan fingerprint density at radius 3 is 2.81 bits per heavy atom. The van der Waals surface area contributed by atoms with Gasteiger partial charge in [-0.25, -0.2) is 4.79 Å². The van der Waals surface area contributed by atoms with Crippen LogP contribution in [0.25, 0.3) is 0 Å². The number of nitrogens with one attached hydrogen (secondary N) is 2. The Balaban J connectivity index is 1.77. The van der Waals surface area contributed by atoms with Crippen molar-refractivity contribution in [1.29, 1.82) is 0 Å². The number of carbonyl (C=O) groups is 1. The van der Waals surface area contributed by atoms with Crippen molar-refractivity contribution in [2.24, 2.45) is 0 Å². The van der Waals surface area contributed by atoms with E-state index in [9.17, 15) is 9.90 Å². The van der Waals surface area contributed by atoms with Crippen molar-refractivity contribution >= 4 is 17.8 Å². The molecule has 0 spiro atoms. The number of hydrogen-bond acceptors (Lipinski definition) is 3. The van der Waals surface area contributed by atoms with E-state index in [0.717, 1.165) is 12.0 Å². The fraction of sp³-hybridized carbons (Fsp3) is 0.562. The van der Waals surface area contributed by atoms with Crippen LogP contribution in [-0.2, 0) is 6.42 Å². The van der Waals surface area contributed by atoms with Gasteiger partial charge in [0.25, 0.3) is 0 Å². The Labute approximate surface area is 130 Å². The molecule has 1 aliphatic rings. The summed E-state index contributed by atoms with van der Waals surface area (Å²) in [5.74, 6) is 1.17. The minimum atomic E-state index is -0.253. The van der Waals surface area contributed by atoms with Gasteiger partial charge in [0, 0.05) is 11.3 Å². The van der Waals surface area contributed by atoms with Gasteiger partial charge in [0.15, 0.2) is 0 Å². The maximum atomic E-state index is 12.0. The van der Waals surface area contributed by atoms with Crippen molar-refractivity contribution in [3.63, 3.8) is 0 Å². The largest absolute Gasteiger partial charge is 0.394 e. The number of amides is 2. The van der Waals surface area contributed by atoms with Gasteiger partial charge in [-0.2, -0.15) is 11.8 Å². The van der Waals surface area contributed by atoms with Crippen LogP contribution in [0.15, 0.2) is 30.3 Å². The summed E-state index contributed by atoms with van der Waals surface area (Å²) in [6, 6.07) is 9.42. The maximum Gasteiger partial charge on any atom is 0.315 e. The summed E-state index contributed by atoms with van der Waals surface area (Å²) in [5.41, 5.74) is 1.11. The highest BCUT2D eigenvalue weighted by molar-refractivity contribution is 8.00. The average molecular weight is 308 g/mol. The number of hydrogen-bond donors (Lipinski definition) is 3. The van der Waals surface area contributed by atoms with E-state index in [1.54, 1.807) is 0 Å². The summed E-state index contributed by atoms with van der Waals surface area (Å²) in [4.78, 5) is 12.0. The number of carbonyl (C=O) groups excluding carboxylic acids is 1. The van der Waals surface area contributed by atoms with Crippen molar-refractivity contribution in [2.45, 2.75) is 37.0 Å². The first kappa shape index (κ1) is 16.2. The van der Waals surface area contributed by atoms with Crippen LogP contribution < -0.4 is 10.6 Å². The number of rotatable bonds is 6. The van der Waals surface area contributed by atoms with Crippen LogP contribution in [-0.4, -0.2) is 40.8 Å². The van der Waals surface area contributed by atoms with E-state index in [0.29, 0.717) is 13.0 Å². The molecule has 2 rings (SSSR count). The monoisotopic (exact) mass is 308 g/mol. The van der Waals surface area contributed by atoms with Crippen LogP contribution in [0.2, 0.25) is 0 Å². The third-order valence-corrected chi connectivity index (χ3v) is 5.34. The van der Waals surface area contributed by atoms with Crippen molar-refractivity contribution in [3.8, 4) is 0 Å². The molecule has 5 heteroatoms. The van der Waals surface area contributed by atoms with E-state index < -0.39 is 0 Å². The second-order valence-corrected chi connectivity index (χ2v) is 7.48. The molecule has 0 aliphatic carbocycles. The molecule has 4 nitrogen and oxygen atoms in total. The smallest absolute Gasteiger partial charge is 0.315 e. The quantitative estimate of drug-likeness (QED) is 0.755. The van der Waals surface area contributed by atoms with Crippen LogP contribution >= 0.6 is 11.8 Å². The summed E-state index contributed by atoms with van der Waals surface area (Å²) in [6.07, 6.45) is 3.00. The van der Waals surface area contributed by atoms with Gasteiger partial charge in [-0.15, -0.1) is 0 Å². The fourth-order valence-electron chi connectivity index (χ4n) is 2.54. The summed E-state index contributed by atoms with van der Waals surface area (Å²) < 4.78 is 0.158. The lowest BCUT2D eigenvalue weighted by Gasteiger charge is -2.24. The van der Waals surface area contributed by atoms with E-state index in [1.165, 1.54) is 12.2 Å². The average Bonchev–Trinajstić information content (AvgIpc) is 2.93. The first-order chi connectivity index (χ1) is 10.1. The van der Waals surface area contributed by atoms with Gasteiger partial charge in [0.05, 0.1) is 12.6 Å². The van der Waals surface area contributed by atoms with Crippen molar-refractivity contribution in [3.05, 3.63) is 35.9 Å². The lowest BCUT2D eigenvalue weighted by atomic mass is 10.1. The van der Waals surface area contributed by atoms with Crippen molar-refractivity contribution in [1.82, 2.24) is 10.6 Å². The normalized spacial score (nSPS) is 22.8. The number of urea groups is 1. The lowest BCUT2D eigenvalue weighted by molar-refractivity contribution is 0.215. The standard InChI is InChI=1S/C16H24N2O2S/c1-16(8-5-9-21-16)12-17-15(20)18-14(11-19)10-13-6-3-2-4-7-13/h2-4,6-7,14,19H,5,8-12H2,1H3,(H2,17,18,20)/t14-,16-/m1/s1. The van der Waals surface area contributed by atoms with E-state index >= 15 is 0 Å². The van der Waals surface area contributed by atoms with E-state index in [4.69, 9.17) is 0 Å². The Hall–Kier alpha value is -1.20. The molecule has 1 saturated heterocycles. The predicted octanol–water partition coefficient (Wildman–Crippen LogP) is 2.17. The molecule has 1 fully saturated rings. The number of benzene rings is 1. The van der Waals surface area contributed by atoms with Crippen LogP contribution in [0.4, 0.5) is 4.79 Å². The lowest BCUT2D eigenvalue weighted by Crippen LogP contribution is -2.48. The highest BCUT2D eigenvalue weighted by Gasteiger charge is 2.29. The minimum absolute atomic E-state index is 0.0612. The molecule has 0 bridgehead atoms. The molecule has 116 valence electrons. The van der Waals surface area contributed by atoms with Gasteiger partial charge in [0.1, 0.15) is 0 Å². The molecule has 1 aliphatic heterocycles. The Morgan fingerprint density at radius 1 is 1.43 bits per heavy atom. The summed E-state index contributed by atoms with van der Waals surface area (Å²) >= 11 is 1.92. The fourth-order valence-corrected chi connectivity index (χ4v) is 3.78. The first-order valence-electron chi connectivity index (χ1n) is 7.44. The zero-order valence-electron chi connectivity index (χ0n) is 12.5. The molecule has 2 atom stereocenters. The molecule has 1 aromatic carbocycles. The molecule has 0 radical (unpaired) electrons. The van der Waals surface area contributed by atoms with Crippen molar-refractivity contribution in [2.75, 3.05) is 18.9 Å². The molecule has 1 heterocycles. The first-order valence-corrected chi connectivity index (χ1v) is 8.43. The highest BCUT2D eigenvalue weighted by atomic mass is 32.2. The topological polar surface area (TPSA) is 61.4 Å². The molecule has 0 aromatic heterocycles. The van der Waals surface area contributed by atoms with E-state index in [-0.39, 0.29) is 23.4 Å². The van der Waals surface area contributed by atoms with Crippen molar-refractivity contribution < 1.29 is 9.90 Å². The van der Waals surface area contributed by atoms with Gasteiger partial charge in [-0.3, -0.25) is 0 Å². The van der Waals surface area contributed by atoms with Gasteiger partial charge in [-0.1, -0.05) is 30.3 Å². The van der Waals surface area contributed by atoms with Crippen LogP contribution in [0.1, 0.15) is 25.3 Å². The molecular formula is C16H24N2O2S. The third-order valence-electron chi connectivity index (χ3n) is 3.80. The minimum Gasteiger partial charge on any atom is -0.394 e. The number of aliphatic hydroxyl groups is 1. The highest BCUT2D eigenvalue weighted by Crippen LogP contribution is 2.36. The zero-order valence-corrected chi connectivity index (χ0v) is 13.3. The van der Waals surface area contributed by atoms with Gasteiger partial charge < -0.3 is 15.7 Å². The third kappa shape index (κ3) is 5.25. The molecule has 0 saturated carbocycles. The number of aliphatic hydroxyl groups excluding tert-OH is 1. The summed E-state index contributed by atoms with van der Waals surface area (Å²) in [6.45, 7) is 2.81. The Morgan fingerprint density at radius 2 is 2.19 bits per heavy atom. The van der Waals surface area contributed by atoms with Crippen LogP contribution in [0, 0.1) is 0 Å². The zero-order chi connectivity index (χ0) is 15.1. The summed E-state index contributed by atoms with van der Waals surface area (Å²) in [5, 5.41) is 15.2. The SMILES string of the molecule is C[C@]1(CNC(=O)N[C@@H](CO)Cc2ccccc2)CCCS1. The van der Waals surface area contributed by atoms with Crippen LogP contribution in [0.3, 0.4) is 0 Å². The molecule has 2 amide bonds. The van der Waals surface area contributed by atoms with E-state index in [1.807, 2.05) is 42.1 Å². The second kappa shape index (κ2) is 7.71. The van der Waals surface area contributed by atoms with Crippen LogP contribution in [0.5, 0.6) is 0 Å². The van der Waals surface area contributed by atoms with Gasteiger partial charge >= 0.3 is 6.03 Å². The maximum absolute atomic E-state index is 12.0. The van der Waals surface area contributed by atoms with Gasteiger partial charge in [-0.05, 0) is 37.5 Å². The van der Waals surface area contributed by atoms with E-state index in [2.05, 4.69) is 17.6 Å². The number of thioether (sulfide) groups is 1. The molecule has 3 N–H and O–H groups in total. The molecular weight excluding hydrogens is 284 g/mol.